The molecule has 3 rings (SSSR count). The Morgan fingerprint density at radius 3 is 2.89 bits per heavy atom. The van der Waals surface area contributed by atoms with Crippen molar-refractivity contribution >= 4 is 5.90 Å². The Labute approximate surface area is 105 Å². The largest absolute Gasteiger partial charge is 0.474 e. The van der Waals surface area contributed by atoms with E-state index >= 15 is 0 Å². The first-order valence-corrected chi connectivity index (χ1v) is 5.91. The van der Waals surface area contributed by atoms with Crippen LogP contribution >= 0.6 is 0 Å². The van der Waals surface area contributed by atoms with Crippen LogP contribution in [0.5, 0.6) is 0 Å². The molecule has 0 spiro atoms. The van der Waals surface area contributed by atoms with Crippen LogP contribution in [0.2, 0.25) is 0 Å². The van der Waals surface area contributed by atoms with Gasteiger partial charge < -0.3 is 9.30 Å². The lowest BCUT2D eigenvalue weighted by Crippen LogP contribution is -2.11. The number of aliphatic imine (C=N–C) groups is 1. The quantitative estimate of drug-likeness (QED) is 0.814. The summed E-state index contributed by atoms with van der Waals surface area (Å²) in [5, 5.41) is 0. The number of rotatable bonds is 3. The molecule has 3 nitrogen and oxygen atoms in total. The fraction of sp³-hybridized carbons (Fsp3) is 0.214. The molecule has 0 unspecified atom stereocenters. The number of halogens is 1. The topological polar surface area (TPSA) is 26.5 Å². The lowest BCUT2D eigenvalue weighted by Gasteiger charge is -2.09. The van der Waals surface area contributed by atoms with E-state index in [1.54, 1.807) is 12.1 Å². The Morgan fingerprint density at radius 1 is 1.22 bits per heavy atom. The van der Waals surface area contributed by atoms with Crippen LogP contribution in [0.25, 0.3) is 0 Å². The Hall–Kier alpha value is -2.10. The van der Waals surface area contributed by atoms with E-state index in [-0.39, 0.29) is 5.82 Å². The summed E-state index contributed by atoms with van der Waals surface area (Å²) < 4.78 is 21.0. The van der Waals surface area contributed by atoms with Gasteiger partial charge in [-0.15, -0.1) is 0 Å². The van der Waals surface area contributed by atoms with Gasteiger partial charge in [0.2, 0.25) is 5.90 Å². The minimum absolute atomic E-state index is 0.188. The fourth-order valence-corrected chi connectivity index (χ4v) is 2.05. The van der Waals surface area contributed by atoms with E-state index in [2.05, 4.69) is 4.99 Å². The number of nitrogens with zero attached hydrogens (tertiary/aromatic N) is 2. The van der Waals surface area contributed by atoms with Crippen LogP contribution in [0.3, 0.4) is 0 Å². The molecule has 4 heteroatoms. The Balaban J connectivity index is 1.90. The molecule has 0 atom stereocenters. The summed E-state index contributed by atoms with van der Waals surface area (Å²) in [6.45, 7) is 1.80. The molecule has 1 aromatic heterocycles. The predicted molar refractivity (Wildman–Crippen MR) is 67.3 cm³/mol. The van der Waals surface area contributed by atoms with E-state index < -0.39 is 0 Å². The number of benzene rings is 1. The zero-order valence-electron chi connectivity index (χ0n) is 9.84. The highest BCUT2D eigenvalue weighted by Crippen LogP contribution is 2.14. The van der Waals surface area contributed by atoms with Gasteiger partial charge in [-0.1, -0.05) is 18.2 Å². The van der Waals surface area contributed by atoms with Crippen molar-refractivity contribution in [2.24, 2.45) is 4.99 Å². The van der Waals surface area contributed by atoms with E-state index in [1.807, 2.05) is 29.0 Å². The molecule has 0 amide bonds. The number of hydrogen-bond donors (Lipinski definition) is 0. The van der Waals surface area contributed by atoms with E-state index in [1.165, 1.54) is 6.07 Å². The normalized spacial score (nSPS) is 14.4. The van der Waals surface area contributed by atoms with Crippen LogP contribution in [0.1, 0.15) is 11.3 Å². The van der Waals surface area contributed by atoms with Gasteiger partial charge in [-0.25, -0.2) is 9.38 Å². The number of hydrogen-bond acceptors (Lipinski definition) is 2. The average molecular weight is 244 g/mol. The van der Waals surface area contributed by atoms with Crippen molar-refractivity contribution in [1.82, 2.24) is 4.57 Å². The molecule has 1 aromatic carbocycles. The van der Waals surface area contributed by atoms with Crippen LogP contribution in [-0.4, -0.2) is 23.6 Å². The summed E-state index contributed by atoms with van der Waals surface area (Å²) in [5.41, 5.74) is 1.56. The SMILES string of the molecule is Fc1ccccc1Cn1cccc1C1=NCCO1. The minimum Gasteiger partial charge on any atom is -0.474 e. The van der Waals surface area contributed by atoms with E-state index in [0.29, 0.717) is 31.2 Å². The highest BCUT2D eigenvalue weighted by Gasteiger charge is 2.14. The van der Waals surface area contributed by atoms with Gasteiger partial charge in [-0.2, -0.15) is 0 Å². The van der Waals surface area contributed by atoms with Gasteiger partial charge in [0.1, 0.15) is 18.1 Å². The molecule has 2 aromatic rings. The van der Waals surface area contributed by atoms with Gasteiger partial charge in [0.15, 0.2) is 0 Å². The second-order valence-corrected chi connectivity index (χ2v) is 4.15. The first kappa shape index (κ1) is 11.0. The first-order valence-electron chi connectivity index (χ1n) is 5.91. The third kappa shape index (κ3) is 2.01. The van der Waals surface area contributed by atoms with Crippen molar-refractivity contribution in [2.75, 3.05) is 13.2 Å². The third-order valence-electron chi connectivity index (χ3n) is 2.93. The molecule has 18 heavy (non-hydrogen) atoms. The standard InChI is InChI=1S/C14H13FN2O/c15-12-5-2-1-4-11(12)10-17-8-3-6-13(17)14-16-7-9-18-14/h1-6,8H,7,9-10H2. The van der Waals surface area contributed by atoms with Crippen molar-refractivity contribution in [2.45, 2.75) is 6.54 Å². The molecule has 2 heterocycles. The van der Waals surface area contributed by atoms with Crippen LogP contribution in [-0.2, 0) is 11.3 Å². The highest BCUT2D eigenvalue weighted by atomic mass is 19.1. The molecule has 92 valence electrons. The summed E-state index contributed by atoms with van der Waals surface area (Å²) in [7, 11) is 0. The average Bonchev–Trinajstić information content (AvgIpc) is 3.02. The van der Waals surface area contributed by atoms with Crippen LogP contribution in [0, 0.1) is 5.82 Å². The number of ether oxygens (including phenoxy) is 1. The Kier molecular flexibility index (Phi) is 2.84. The molecule has 0 bridgehead atoms. The minimum atomic E-state index is -0.188. The lowest BCUT2D eigenvalue weighted by atomic mass is 10.2. The third-order valence-corrected chi connectivity index (χ3v) is 2.93. The zero-order chi connectivity index (χ0) is 12.4. The molecule has 0 saturated carbocycles. The van der Waals surface area contributed by atoms with Crippen molar-refractivity contribution in [3.05, 3.63) is 59.7 Å². The molecular formula is C14H13FN2O. The first-order chi connectivity index (χ1) is 8.84. The van der Waals surface area contributed by atoms with Crippen molar-refractivity contribution < 1.29 is 9.13 Å². The van der Waals surface area contributed by atoms with Gasteiger partial charge in [0, 0.05) is 11.8 Å². The molecule has 0 aliphatic carbocycles. The summed E-state index contributed by atoms with van der Waals surface area (Å²) in [5.74, 6) is 0.461. The molecule has 0 N–H and O–H groups in total. The predicted octanol–water partition coefficient (Wildman–Crippen LogP) is 2.45. The van der Waals surface area contributed by atoms with Crippen molar-refractivity contribution in [3.63, 3.8) is 0 Å². The second-order valence-electron chi connectivity index (χ2n) is 4.15. The molecule has 0 saturated heterocycles. The molecule has 1 aliphatic rings. The fourth-order valence-electron chi connectivity index (χ4n) is 2.05. The van der Waals surface area contributed by atoms with Gasteiger partial charge >= 0.3 is 0 Å². The monoisotopic (exact) mass is 244 g/mol. The molecule has 1 aliphatic heterocycles. The van der Waals surface area contributed by atoms with Crippen LogP contribution in [0.4, 0.5) is 4.39 Å². The van der Waals surface area contributed by atoms with Gasteiger partial charge in [0.05, 0.1) is 13.1 Å². The zero-order valence-corrected chi connectivity index (χ0v) is 9.84. The molecule has 0 radical (unpaired) electrons. The molecular weight excluding hydrogens is 231 g/mol. The van der Waals surface area contributed by atoms with Gasteiger partial charge in [-0.05, 0) is 18.2 Å². The number of aromatic nitrogens is 1. The summed E-state index contributed by atoms with van der Waals surface area (Å²) in [4.78, 5) is 4.28. The lowest BCUT2D eigenvalue weighted by molar-refractivity contribution is 0.346. The maximum absolute atomic E-state index is 13.6. The van der Waals surface area contributed by atoms with Gasteiger partial charge in [-0.3, -0.25) is 0 Å². The van der Waals surface area contributed by atoms with Crippen LogP contribution < -0.4 is 0 Å². The second kappa shape index (κ2) is 4.64. The Bertz CT molecular complexity index is 589. The van der Waals surface area contributed by atoms with Crippen molar-refractivity contribution in [3.8, 4) is 0 Å². The maximum atomic E-state index is 13.6. The van der Waals surface area contributed by atoms with Crippen molar-refractivity contribution in [1.29, 1.82) is 0 Å². The van der Waals surface area contributed by atoms with E-state index in [9.17, 15) is 4.39 Å². The Morgan fingerprint density at radius 2 is 2.11 bits per heavy atom. The van der Waals surface area contributed by atoms with E-state index in [4.69, 9.17) is 4.74 Å². The maximum Gasteiger partial charge on any atom is 0.233 e. The summed E-state index contributed by atoms with van der Waals surface area (Å²) in [6, 6.07) is 10.6. The summed E-state index contributed by atoms with van der Waals surface area (Å²) >= 11 is 0. The molecule has 0 fully saturated rings. The van der Waals surface area contributed by atoms with Gasteiger partial charge in [0.25, 0.3) is 0 Å². The summed E-state index contributed by atoms with van der Waals surface area (Å²) in [6.07, 6.45) is 1.91. The smallest absolute Gasteiger partial charge is 0.233 e. The van der Waals surface area contributed by atoms with Crippen LogP contribution in [0.15, 0.2) is 47.6 Å². The highest BCUT2D eigenvalue weighted by molar-refractivity contribution is 5.93. The van der Waals surface area contributed by atoms with E-state index in [0.717, 1.165) is 5.69 Å².